The highest BCUT2D eigenvalue weighted by Gasteiger charge is 2.32. The Bertz CT molecular complexity index is 637. The molecule has 0 bridgehead atoms. The van der Waals surface area contributed by atoms with Crippen molar-refractivity contribution < 1.29 is 19.2 Å². The number of likely N-dealkylation sites (tertiary alicyclic amines) is 1. The molecule has 124 valence electrons. The van der Waals surface area contributed by atoms with Crippen LogP contribution in [0.25, 0.3) is 0 Å². The number of nitro groups is 1. The second-order valence-electron chi connectivity index (χ2n) is 5.11. The highest BCUT2D eigenvalue weighted by atomic mass is 35.5. The van der Waals surface area contributed by atoms with Crippen molar-refractivity contribution in [3.05, 3.63) is 28.3 Å². The van der Waals surface area contributed by atoms with Crippen LogP contribution >= 0.6 is 11.6 Å². The van der Waals surface area contributed by atoms with Crippen molar-refractivity contribution in [3.8, 4) is 5.75 Å². The Morgan fingerprint density at radius 2 is 2.30 bits per heavy atom. The highest BCUT2D eigenvalue weighted by Crippen LogP contribution is 2.29. The number of ether oxygens (including phenoxy) is 1. The summed E-state index contributed by atoms with van der Waals surface area (Å²) in [5, 5.41) is 13.3. The van der Waals surface area contributed by atoms with Crippen molar-refractivity contribution in [2.45, 2.75) is 6.42 Å². The molecule has 1 aromatic rings. The Balaban J connectivity index is 1.93. The van der Waals surface area contributed by atoms with Gasteiger partial charge in [0, 0.05) is 32.1 Å². The van der Waals surface area contributed by atoms with Gasteiger partial charge in [-0.1, -0.05) is 0 Å². The Morgan fingerprint density at radius 1 is 1.57 bits per heavy atom. The van der Waals surface area contributed by atoms with E-state index < -0.39 is 16.1 Å². The summed E-state index contributed by atoms with van der Waals surface area (Å²) >= 11 is 5.42. The first kappa shape index (κ1) is 17.0. The lowest BCUT2D eigenvalue weighted by Gasteiger charge is -2.17. The maximum absolute atomic E-state index is 11.8. The Kier molecular flexibility index (Phi) is 5.38. The average Bonchev–Trinajstić information content (AvgIpc) is 2.89. The molecule has 0 spiro atoms. The van der Waals surface area contributed by atoms with Gasteiger partial charge in [0.2, 0.25) is 11.1 Å². The van der Waals surface area contributed by atoms with Crippen LogP contribution in [-0.4, -0.2) is 47.7 Å². The summed E-state index contributed by atoms with van der Waals surface area (Å²) in [6.45, 7) is 1.14. The van der Waals surface area contributed by atoms with E-state index in [-0.39, 0.29) is 18.0 Å². The topological polar surface area (TPSA) is 102 Å². The number of benzene rings is 1. The van der Waals surface area contributed by atoms with Gasteiger partial charge >= 0.3 is 0 Å². The lowest BCUT2D eigenvalue weighted by atomic mass is 10.1. The molecule has 1 aliphatic rings. The summed E-state index contributed by atoms with van der Waals surface area (Å²) in [4.78, 5) is 34.7. The van der Waals surface area contributed by atoms with Crippen LogP contribution in [0.3, 0.4) is 0 Å². The smallest absolute Gasteiger partial charge is 0.273 e. The van der Waals surface area contributed by atoms with E-state index >= 15 is 0 Å². The zero-order chi connectivity index (χ0) is 17.0. The molecular weight excluding hydrogens is 326 g/mol. The Hall–Kier alpha value is -2.35. The molecule has 1 heterocycles. The Labute approximate surface area is 137 Å². The fourth-order valence-electron chi connectivity index (χ4n) is 2.41. The Morgan fingerprint density at radius 3 is 2.87 bits per heavy atom. The second kappa shape index (κ2) is 7.28. The molecule has 0 radical (unpaired) electrons. The van der Waals surface area contributed by atoms with Crippen LogP contribution in [0.2, 0.25) is 0 Å². The molecule has 1 amide bonds. The van der Waals surface area contributed by atoms with E-state index in [2.05, 4.69) is 5.32 Å². The number of hydrogen-bond acceptors (Lipinski definition) is 6. The number of carbonyl (C=O) groups excluding carboxylic acids is 2. The van der Waals surface area contributed by atoms with Crippen LogP contribution in [0.1, 0.15) is 6.42 Å². The maximum Gasteiger partial charge on any atom is 0.273 e. The molecule has 8 nitrogen and oxygen atoms in total. The number of halogens is 1. The quantitative estimate of drug-likeness (QED) is 0.459. The van der Waals surface area contributed by atoms with Gasteiger partial charge in [-0.15, -0.1) is 0 Å². The zero-order valence-corrected chi connectivity index (χ0v) is 13.2. The highest BCUT2D eigenvalue weighted by molar-refractivity contribution is 6.64. The van der Waals surface area contributed by atoms with E-state index in [9.17, 15) is 19.7 Å². The fourth-order valence-corrected chi connectivity index (χ4v) is 2.55. The van der Waals surface area contributed by atoms with Gasteiger partial charge < -0.3 is 15.0 Å². The number of nitro benzene ring substituents is 1. The van der Waals surface area contributed by atoms with Crippen molar-refractivity contribution >= 4 is 34.1 Å². The van der Waals surface area contributed by atoms with E-state index in [1.165, 1.54) is 19.2 Å². The second-order valence-corrected chi connectivity index (χ2v) is 5.49. The molecule has 2 rings (SSSR count). The van der Waals surface area contributed by atoms with Crippen LogP contribution in [0.4, 0.5) is 11.4 Å². The summed E-state index contributed by atoms with van der Waals surface area (Å²) < 4.78 is 5.12. The molecule has 0 unspecified atom stereocenters. The summed E-state index contributed by atoms with van der Waals surface area (Å²) in [5.41, 5.74) is 0.528. The van der Waals surface area contributed by atoms with Gasteiger partial charge in [-0.3, -0.25) is 19.7 Å². The number of nitrogens with zero attached hydrogens (tertiary/aromatic N) is 2. The van der Waals surface area contributed by atoms with Crippen molar-refractivity contribution in [3.63, 3.8) is 0 Å². The SMILES string of the molecule is COc1cc([N+](=O)[O-])ccc1NCCN1C[C@H](C(=O)Cl)CC1=O. The summed E-state index contributed by atoms with van der Waals surface area (Å²) in [6, 6.07) is 4.24. The first-order valence-electron chi connectivity index (χ1n) is 6.95. The number of methoxy groups -OCH3 is 1. The normalized spacial score (nSPS) is 17.2. The van der Waals surface area contributed by atoms with Gasteiger partial charge in [-0.05, 0) is 17.7 Å². The number of carbonyl (C=O) groups is 2. The molecule has 0 saturated carbocycles. The number of non-ortho nitro benzene ring substituents is 1. The minimum atomic E-state index is -0.501. The fraction of sp³-hybridized carbons (Fsp3) is 0.429. The monoisotopic (exact) mass is 341 g/mol. The molecule has 1 atom stereocenters. The molecule has 1 fully saturated rings. The first-order valence-corrected chi connectivity index (χ1v) is 7.33. The molecule has 1 saturated heterocycles. The van der Waals surface area contributed by atoms with Crippen LogP contribution in [-0.2, 0) is 9.59 Å². The predicted molar refractivity (Wildman–Crippen MR) is 83.7 cm³/mol. The van der Waals surface area contributed by atoms with Crippen LogP contribution in [0, 0.1) is 16.0 Å². The number of anilines is 1. The molecule has 0 aliphatic carbocycles. The molecular formula is C14H16ClN3O5. The zero-order valence-electron chi connectivity index (χ0n) is 12.5. The first-order chi connectivity index (χ1) is 10.9. The predicted octanol–water partition coefficient (Wildman–Crippen LogP) is 1.63. The summed E-state index contributed by atoms with van der Waals surface area (Å²) in [6.07, 6.45) is 0.142. The van der Waals surface area contributed by atoms with Gasteiger partial charge in [-0.2, -0.15) is 0 Å². The van der Waals surface area contributed by atoms with Gasteiger partial charge in [-0.25, -0.2) is 0 Å². The molecule has 23 heavy (non-hydrogen) atoms. The number of rotatable bonds is 7. The van der Waals surface area contributed by atoms with E-state index in [4.69, 9.17) is 16.3 Å². The third-order valence-electron chi connectivity index (χ3n) is 3.63. The third kappa shape index (κ3) is 4.10. The van der Waals surface area contributed by atoms with E-state index in [1.54, 1.807) is 11.0 Å². The van der Waals surface area contributed by atoms with Gasteiger partial charge in [0.05, 0.1) is 29.7 Å². The lowest BCUT2D eigenvalue weighted by molar-refractivity contribution is -0.384. The van der Waals surface area contributed by atoms with Crippen molar-refractivity contribution in [2.75, 3.05) is 32.1 Å². The van der Waals surface area contributed by atoms with Gasteiger partial charge in [0.25, 0.3) is 5.69 Å². The molecule has 1 N–H and O–H groups in total. The number of nitrogens with one attached hydrogen (secondary N) is 1. The molecule has 1 aromatic carbocycles. The number of amides is 1. The van der Waals surface area contributed by atoms with Crippen LogP contribution < -0.4 is 10.1 Å². The van der Waals surface area contributed by atoms with E-state index in [0.29, 0.717) is 31.1 Å². The summed E-state index contributed by atoms with van der Waals surface area (Å²) in [7, 11) is 1.42. The van der Waals surface area contributed by atoms with Crippen LogP contribution in [0.5, 0.6) is 5.75 Å². The molecule has 9 heteroatoms. The average molecular weight is 342 g/mol. The minimum absolute atomic E-state index is 0.0643. The lowest BCUT2D eigenvalue weighted by Crippen LogP contribution is -2.31. The standard InChI is InChI=1S/C14H16ClN3O5/c1-23-12-7-10(18(21)22)2-3-11(12)16-4-5-17-8-9(14(15)20)6-13(17)19/h2-3,7,9,16H,4-6,8H2,1H3/t9-/m1/s1. The van der Waals surface area contributed by atoms with Gasteiger partial charge in [0.1, 0.15) is 5.75 Å². The third-order valence-corrected chi connectivity index (χ3v) is 3.94. The molecule has 0 aromatic heterocycles. The van der Waals surface area contributed by atoms with Crippen molar-refractivity contribution in [2.24, 2.45) is 5.92 Å². The van der Waals surface area contributed by atoms with Crippen molar-refractivity contribution in [1.29, 1.82) is 0 Å². The minimum Gasteiger partial charge on any atom is -0.494 e. The summed E-state index contributed by atoms with van der Waals surface area (Å²) in [5.74, 6) is -0.208. The maximum atomic E-state index is 11.8. The van der Waals surface area contributed by atoms with Gasteiger partial charge in [0.15, 0.2) is 0 Å². The van der Waals surface area contributed by atoms with Crippen LogP contribution in [0.15, 0.2) is 18.2 Å². The molecule has 1 aliphatic heterocycles. The van der Waals surface area contributed by atoms with Crippen molar-refractivity contribution in [1.82, 2.24) is 4.90 Å². The van der Waals surface area contributed by atoms with E-state index in [0.717, 1.165) is 0 Å². The van der Waals surface area contributed by atoms with E-state index in [1.807, 2.05) is 0 Å². The number of hydrogen-bond donors (Lipinski definition) is 1. The largest absolute Gasteiger partial charge is 0.494 e.